The maximum atomic E-state index is 13.4. The molecule has 0 bridgehead atoms. The van der Waals surface area contributed by atoms with E-state index in [9.17, 15) is 18.0 Å². The van der Waals surface area contributed by atoms with E-state index in [2.05, 4.69) is 0 Å². The number of fused-ring (bicyclic) bond motifs is 1. The fraction of sp³-hybridized carbons (Fsp3) is 0.211. The van der Waals surface area contributed by atoms with Gasteiger partial charge in [-0.15, -0.1) is 0 Å². The summed E-state index contributed by atoms with van der Waals surface area (Å²) in [4.78, 5) is 11.2. The molecule has 0 amide bonds. The van der Waals surface area contributed by atoms with E-state index >= 15 is 0 Å². The Balaban J connectivity index is 2.20. The molecule has 0 spiro atoms. The zero-order valence-electron chi connectivity index (χ0n) is 15.6. The van der Waals surface area contributed by atoms with Crippen LogP contribution in [0.5, 0.6) is 0 Å². The normalized spacial score (nSPS) is 13.6. The van der Waals surface area contributed by atoms with Crippen LogP contribution in [0.2, 0.25) is 5.02 Å². The first-order valence-corrected chi connectivity index (χ1v) is 7.99. The molecule has 136 valence electrons. The third kappa shape index (κ3) is 3.42. The molecule has 1 heterocycles. The van der Waals surface area contributed by atoms with Crippen LogP contribution in [-0.2, 0) is 19.1 Å². The molecule has 0 aliphatic heterocycles. The van der Waals surface area contributed by atoms with Crippen molar-refractivity contribution in [3.05, 3.63) is 69.9 Å². The molecule has 0 radical (unpaired) electrons. The number of aromatic nitrogens is 1. The fourth-order valence-corrected chi connectivity index (χ4v) is 3.13. The van der Waals surface area contributed by atoms with Crippen molar-refractivity contribution in [2.24, 2.45) is 0 Å². The monoisotopic (exact) mass is 383 g/mol. The van der Waals surface area contributed by atoms with Gasteiger partial charge in [0.05, 0.1) is 11.1 Å². The molecule has 1 aromatic heterocycles. The van der Waals surface area contributed by atoms with Crippen LogP contribution in [-0.4, -0.2) is 15.6 Å². The highest BCUT2D eigenvalue weighted by Crippen LogP contribution is 2.35. The number of rotatable bonds is 4. The Morgan fingerprint density at radius 1 is 1.23 bits per heavy atom. The van der Waals surface area contributed by atoms with Crippen molar-refractivity contribution in [1.82, 2.24) is 4.57 Å². The van der Waals surface area contributed by atoms with Crippen molar-refractivity contribution >= 4 is 28.5 Å². The SMILES string of the molecule is [2H]C([2H])(C)n1c(Cc2ccc(Cl)cc2C(F)(F)F)cc2cc(C(=O)O)ccc21. The average molecular weight is 384 g/mol. The van der Waals surface area contributed by atoms with Crippen molar-refractivity contribution in [3.63, 3.8) is 0 Å². The smallest absolute Gasteiger partial charge is 0.416 e. The van der Waals surface area contributed by atoms with Crippen LogP contribution in [0.25, 0.3) is 10.9 Å². The third-order valence-electron chi connectivity index (χ3n) is 4.10. The molecule has 0 unspecified atom stereocenters. The van der Waals surface area contributed by atoms with E-state index in [1.54, 1.807) is 0 Å². The molecule has 0 aliphatic carbocycles. The van der Waals surface area contributed by atoms with E-state index in [4.69, 9.17) is 19.4 Å². The van der Waals surface area contributed by atoms with E-state index in [1.165, 1.54) is 47.9 Å². The minimum Gasteiger partial charge on any atom is -0.478 e. The first kappa shape index (κ1) is 15.8. The number of alkyl halides is 3. The number of aryl methyl sites for hydroxylation is 1. The molecule has 7 heteroatoms. The Morgan fingerprint density at radius 2 is 1.96 bits per heavy atom. The van der Waals surface area contributed by atoms with Gasteiger partial charge in [0, 0.05) is 37.3 Å². The minimum atomic E-state index is -4.61. The van der Waals surface area contributed by atoms with E-state index in [0.717, 1.165) is 6.07 Å². The first-order valence-electron chi connectivity index (χ1n) is 8.62. The molecule has 0 aliphatic rings. The molecule has 26 heavy (non-hydrogen) atoms. The summed E-state index contributed by atoms with van der Waals surface area (Å²) in [5, 5.41) is 9.53. The number of aromatic carboxylic acids is 1. The fourth-order valence-electron chi connectivity index (χ4n) is 2.96. The summed E-state index contributed by atoms with van der Waals surface area (Å²) in [5.74, 6) is -1.15. The summed E-state index contributed by atoms with van der Waals surface area (Å²) >= 11 is 5.72. The highest BCUT2D eigenvalue weighted by Gasteiger charge is 2.33. The van der Waals surface area contributed by atoms with Gasteiger partial charge in [-0.3, -0.25) is 0 Å². The van der Waals surface area contributed by atoms with Gasteiger partial charge >= 0.3 is 12.1 Å². The number of benzene rings is 2. The maximum Gasteiger partial charge on any atom is 0.416 e. The van der Waals surface area contributed by atoms with Crippen LogP contribution in [0.4, 0.5) is 13.2 Å². The van der Waals surface area contributed by atoms with E-state index < -0.39 is 24.2 Å². The molecule has 3 rings (SSSR count). The topological polar surface area (TPSA) is 42.2 Å². The molecule has 3 nitrogen and oxygen atoms in total. The van der Waals surface area contributed by atoms with Gasteiger partial charge in [0.1, 0.15) is 0 Å². The number of hydrogen-bond donors (Lipinski definition) is 1. The van der Waals surface area contributed by atoms with Crippen molar-refractivity contribution in [2.45, 2.75) is 26.0 Å². The van der Waals surface area contributed by atoms with Gasteiger partial charge < -0.3 is 9.67 Å². The maximum absolute atomic E-state index is 13.4. The average Bonchev–Trinajstić information content (AvgIpc) is 2.92. The Bertz CT molecular complexity index is 1070. The summed E-state index contributed by atoms with van der Waals surface area (Å²) in [6, 6.07) is 9.13. The summed E-state index contributed by atoms with van der Waals surface area (Å²) < 4.78 is 57.7. The van der Waals surface area contributed by atoms with Crippen LogP contribution in [0.3, 0.4) is 0 Å². The molecule has 1 N–H and O–H groups in total. The van der Waals surface area contributed by atoms with Crippen molar-refractivity contribution in [2.75, 3.05) is 0 Å². The number of nitrogens with zero attached hydrogens (tertiary/aromatic N) is 1. The Kier molecular flexibility index (Phi) is 4.05. The Labute approximate surface area is 155 Å². The number of carbonyl (C=O) groups is 1. The summed E-state index contributed by atoms with van der Waals surface area (Å²) in [6.45, 7) is -0.625. The molecule has 0 saturated carbocycles. The molecule has 0 fully saturated rings. The van der Waals surface area contributed by atoms with Gasteiger partial charge in [-0.25, -0.2) is 4.79 Å². The van der Waals surface area contributed by atoms with Gasteiger partial charge in [0.25, 0.3) is 0 Å². The van der Waals surface area contributed by atoms with Crippen LogP contribution in [0, 0.1) is 0 Å². The predicted molar refractivity (Wildman–Crippen MR) is 93.8 cm³/mol. The van der Waals surface area contributed by atoms with E-state index in [0.29, 0.717) is 10.9 Å². The minimum absolute atomic E-state index is 0.00957. The number of halogens is 4. The molecule has 3 aromatic rings. The second-order valence-corrected chi connectivity index (χ2v) is 6.19. The lowest BCUT2D eigenvalue weighted by Gasteiger charge is -2.14. The van der Waals surface area contributed by atoms with Crippen LogP contribution in [0.15, 0.2) is 42.5 Å². The lowest BCUT2D eigenvalue weighted by molar-refractivity contribution is -0.138. The zero-order chi connectivity index (χ0) is 20.9. The summed E-state index contributed by atoms with van der Waals surface area (Å²) in [6.07, 6.45) is -4.81. The van der Waals surface area contributed by atoms with Gasteiger partial charge in [-0.2, -0.15) is 13.2 Å². The number of hydrogen-bond acceptors (Lipinski definition) is 1. The first-order chi connectivity index (χ1) is 12.9. The van der Waals surface area contributed by atoms with Crippen molar-refractivity contribution in [1.29, 1.82) is 0 Å². The Morgan fingerprint density at radius 3 is 2.58 bits per heavy atom. The molecule has 0 saturated heterocycles. The number of carboxylic acids is 1. The lowest BCUT2D eigenvalue weighted by Crippen LogP contribution is -2.11. The number of carboxylic acid groups (broad SMARTS) is 1. The molecular weight excluding hydrogens is 367 g/mol. The van der Waals surface area contributed by atoms with Crippen molar-refractivity contribution in [3.8, 4) is 0 Å². The Hall–Kier alpha value is -2.47. The zero-order valence-corrected chi connectivity index (χ0v) is 14.3. The highest BCUT2D eigenvalue weighted by atomic mass is 35.5. The quantitative estimate of drug-likeness (QED) is 0.635. The van der Waals surface area contributed by atoms with Crippen LogP contribution < -0.4 is 0 Å². The van der Waals surface area contributed by atoms with Crippen LogP contribution >= 0.6 is 11.6 Å². The molecule has 2 aromatic carbocycles. The molecular formula is C19H15ClF3NO2. The predicted octanol–water partition coefficient (Wildman–Crippen LogP) is 5.62. The van der Waals surface area contributed by atoms with Gasteiger partial charge in [-0.1, -0.05) is 17.7 Å². The third-order valence-corrected chi connectivity index (χ3v) is 4.33. The van der Waals surface area contributed by atoms with E-state index in [1.807, 2.05) is 0 Å². The van der Waals surface area contributed by atoms with Crippen molar-refractivity contribution < 1.29 is 25.8 Å². The highest BCUT2D eigenvalue weighted by molar-refractivity contribution is 6.30. The second kappa shape index (κ2) is 6.68. The van der Waals surface area contributed by atoms with Gasteiger partial charge in [0.2, 0.25) is 0 Å². The van der Waals surface area contributed by atoms with Gasteiger partial charge in [0.15, 0.2) is 0 Å². The van der Waals surface area contributed by atoms with Gasteiger partial charge in [-0.05, 0) is 48.9 Å². The second-order valence-electron chi connectivity index (χ2n) is 5.75. The standard InChI is InChI=1S/C19H15ClF3NO2/c1-2-24-15(9-13-7-12(18(25)26)4-6-17(13)24)8-11-3-5-14(20)10-16(11)19(21,22)23/h3-7,9-10H,2,8H2,1H3,(H,25,26)/i2D2. The molecule has 0 atom stereocenters. The lowest BCUT2D eigenvalue weighted by atomic mass is 10.0. The largest absolute Gasteiger partial charge is 0.478 e. The summed E-state index contributed by atoms with van der Waals surface area (Å²) in [7, 11) is 0. The van der Waals surface area contributed by atoms with E-state index in [-0.39, 0.29) is 28.3 Å². The van der Waals surface area contributed by atoms with Crippen LogP contribution in [0.1, 0.15) is 36.8 Å². The summed E-state index contributed by atoms with van der Waals surface area (Å²) in [5.41, 5.74) is -0.244.